The van der Waals surface area contributed by atoms with Gasteiger partial charge < -0.3 is 14.2 Å². The fourth-order valence-electron chi connectivity index (χ4n) is 8.12. The van der Waals surface area contributed by atoms with Gasteiger partial charge in [0.05, 0.1) is 0 Å². The normalized spacial score (nSPS) is 12.2. The molecular formula is C58H106O6. The molecule has 6 nitrogen and oxygen atoms in total. The summed E-state index contributed by atoms with van der Waals surface area (Å²) in [5, 5.41) is 0. The quantitative estimate of drug-likeness (QED) is 0.0262. The summed E-state index contributed by atoms with van der Waals surface area (Å²) in [5.41, 5.74) is 0. The van der Waals surface area contributed by atoms with Crippen LogP contribution in [0.5, 0.6) is 0 Å². The van der Waals surface area contributed by atoms with Crippen LogP contribution < -0.4 is 0 Å². The van der Waals surface area contributed by atoms with E-state index in [1.807, 2.05) is 0 Å². The van der Waals surface area contributed by atoms with Gasteiger partial charge in [-0.25, -0.2) is 0 Å². The van der Waals surface area contributed by atoms with Crippen molar-refractivity contribution in [2.75, 3.05) is 13.2 Å². The van der Waals surface area contributed by atoms with Gasteiger partial charge in [0.1, 0.15) is 13.2 Å². The van der Waals surface area contributed by atoms with Crippen LogP contribution in [0.4, 0.5) is 0 Å². The molecule has 0 aliphatic rings. The van der Waals surface area contributed by atoms with Gasteiger partial charge in [0, 0.05) is 19.3 Å². The third-order valence-corrected chi connectivity index (χ3v) is 12.4. The molecule has 0 rings (SSSR count). The summed E-state index contributed by atoms with van der Waals surface area (Å²) < 4.78 is 16.8. The highest BCUT2D eigenvalue weighted by Crippen LogP contribution is 2.16. The van der Waals surface area contributed by atoms with Crippen LogP contribution in [0.25, 0.3) is 0 Å². The Morgan fingerprint density at radius 2 is 0.562 bits per heavy atom. The second-order valence-corrected chi connectivity index (χ2v) is 18.8. The molecule has 6 heteroatoms. The molecule has 0 bridgehead atoms. The highest BCUT2D eigenvalue weighted by atomic mass is 16.6. The van der Waals surface area contributed by atoms with E-state index in [2.05, 4.69) is 57.2 Å². The minimum atomic E-state index is -0.778. The van der Waals surface area contributed by atoms with E-state index >= 15 is 0 Å². The maximum atomic E-state index is 12.8. The number of rotatable bonds is 51. The zero-order valence-corrected chi connectivity index (χ0v) is 42.8. The van der Waals surface area contributed by atoms with Crippen molar-refractivity contribution in [1.29, 1.82) is 0 Å². The molecule has 0 aromatic carbocycles. The molecule has 0 fully saturated rings. The van der Waals surface area contributed by atoms with E-state index in [1.165, 1.54) is 173 Å². The molecule has 0 heterocycles. The zero-order valence-electron chi connectivity index (χ0n) is 42.8. The maximum Gasteiger partial charge on any atom is 0.306 e. The third-order valence-electron chi connectivity index (χ3n) is 12.4. The SMILES string of the molecule is CCCCC/C=C/C/C=C/CCCCCCCC(=O)O[C@@H](COC(=O)CCCCCCCCC/C=C/CCCCCCCC)COC(=O)CCCCCCCCCCCCCCCC. The van der Waals surface area contributed by atoms with Crippen LogP contribution in [-0.2, 0) is 28.6 Å². The van der Waals surface area contributed by atoms with Gasteiger partial charge >= 0.3 is 17.9 Å². The summed E-state index contributed by atoms with van der Waals surface area (Å²) in [5.74, 6) is -0.879. The van der Waals surface area contributed by atoms with E-state index in [9.17, 15) is 14.4 Å². The molecule has 0 unspecified atom stereocenters. The lowest BCUT2D eigenvalue weighted by atomic mass is 10.0. The van der Waals surface area contributed by atoms with E-state index in [1.54, 1.807) is 0 Å². The lowest BCUT2D eigenvalue weighted by Crippen LogP contribution is -2.30. The molecule has 0 saturated carbocycles. The summed E-state index contributed by atoms with van der Waals surface area (Å²) in [4.78, 5) is 38.1. The number of hydrogen-bond acceptors (Lipinski definition) is 6. The smallest absolute Gasteiger partial charge is 0.306 e. The van der Waals surface area contributed by atoms with Crippen molar-refractivity contribution < 1.29 is 28.6 Å². The number of hydrogen-bond donors (Lipinski definition) is 0. The molecule has 0 amide bonds. The van der Waals surface area contributed by atoms with E-state index in [-0.39, 0.29) is 31.1 Å². The molecule has 0 N–H and O–H groups in total. The van der Waals surface area contributed by atoms with Gasteiger partial charge in [-0.1, -0.05) is 237 Å². The predicted octanol–water partition coefficient (Wildman–Crippen LogP) is 18.5. The molecule has 0 radical (unpaired) electrons. The highest BCUT2D eigenvalue weighted by Gasteiger charge is 2.19. The van der Waals surface area contributed by atoms with Crippen molar-refractivity contribution in [1.82, 2.24) is 0 Å². The molecule has 64 heavy (non-hydrogen) atoms. The minimum Gasteiger partial charge on any atom is -0.462 e. The Kier molecular flexibility index (Phi) is 51.3. The van der Waals surface area contributed by atoms with Crippen LogP contribution >= 0.6 is 0 Å². The van der Waals surface area contributed by atoms with Crippen molar-refractivity contribution in [3.8, 4) is 0 Å². The first kappa shape index (κ1) is 61.6. The summed E-state index contributed by atoms with van der Waals surface area (Å²) in [6, 6.07) is 0. The molecule has 0 aromatic rings. The van der Waals surface area contributed by atoms with Crippen LogP contribution in [-0.4, -0.2) is 37.2 Å². The van der Waals surface area contributed by atoms with E-state index in [4.69, 9.17) is 14.2 Å². The second kappa shape index (κ2) is 53.2. The van der Waals surface area contributed by atoms with Crippen molar-refractivity contribution in [3.63, 3.8) is 0 Å². The van der Waals surface area contributed by atoms with E-state index in [0.717, 1.165) is 83.5 Å². The first-order valence-electron chi connectivity index (χ1n) is 28.0. The Labute approximate surface area is 397 Å². The monoisotopic (exact) mass is 899 g/mol. The van der Waals surface area contributed by atoms with Crippen molar-refractivity contribution in [2.45, 2.75) is 303 Å². The van der Waals surface area contributed by atoms with Gasteiger partial charge in [-0.05, 0) is 77.0 Å². The van der Waals surface area contributed by atoms with Crippen LogP contribution in [0.1, 0.15) is 297 Å². The van der Waals surface area contributed by atoms with Gasteiger partial charge in [0.25, 0.3) is 0 Å². The number of carbonyl (C=O) groups is 3. The summed E-state index contributed by atoms with van der Waals surface area (Å²) in [6.07, 6.45) is 62.7. The molecule has 374 valence electrons. The highest BCUT2D eigenvalue weighted by molar-refractivity contribution is 5.71. The number of allylic oxidation sites excluding steroid dienone is 6. The number of unbranched alkanes of at least 4 members (excludes halogenated alkanes) is 34. The molecular weight excluding hydrogens is 793 g/mol. The Balaban J connectivity index is 4.37. The molecule has 0 saturated heterocycles. The summed E-state index contributed by atoms with van der Waals surface area (Å²) in [7, 11) is 0. The average Bonchev–Trinajstić information content (AvgIpc) is 3.29. The standard InChI is InChI=1S/C58H106O6/c1-4-7-10-13-16-19-22-25-28-29-31-33-36-39-42-45-48-51-57(60)63-54-55(53-62-56(59)50-47-44-41-38-35-32-27-24-21-18-15-12-9-6-3)64-58(61)52-49-46-43-40-37-34-30-26-23-20-17-14-11-8-5-2/h17,20,25-26,28,30,55H,4-16,18-19,21-24,27,29,31-54H2,1-3H3/b20-17+,28-25+,30-26+/t55-/m1/s1. The van der Waals surface area contributed by atoms with Crippen LogP contribution in [0, 0.1) is 0 Å². The Morgan fingerprint density at radius 3 is 0.906 bits per heavy atom. The molecule has 0 aliphatic carbocycles. The van der Waals surface area contributed by atoms with Gasteiger partial charge in [0.15, 0.2) is 6.10 Å². The second-order valence-electron chi connectivity index (χ2n) is 18.8. The first-order chi connectivity index (χ1) is 31.5. The number of carbonyl (C=O) groups excluding carboxylic acids is 3. The molecule has 0 spiro atoms. The first-order valence-corrected chi connectivity index (χ1v) is 28.0. The van der Waals surface area contributed by atoms with E-state index < -0.39 is 6.10 Å². The zero-order chi connectivity index (χ0) is 46.5. The van der Waals surface area contributed by atoms with Crippen LogP contribution in [0.3, 0.4) is 0 Å². The third kappa shape index (κ3) is 50.6. The molecule has 0 aliphatic heterocycles. The van der Waals surface area contributed by atoms with Crippen molar-refractivity contribution in [3.05, 3.63) is 36.5 Å². The maximum absolute atomic E-state index is 12.8. The van der Waals surface area contributed by atoms with Gasteiger partial charge in [-0.3, -0.25) is 14.4 Å². The van der Waals surface area contributed by atoms with Crippen LogP contribution in [0.15, 0.2) is 36.5 Å². The van der Waals surface area contributed by atoms with Crippen molar-refractivity contribution in [2.24, 2.45) is 0 Å². The lowest BCUT2D eigenvalue weighted by molar-refractivity contribution is -0.167. The summed E-state index contributed by atoms with van der Waals surface area (Å²) in [6.45, 7) is 6.63. The van der Waals surface area contributed by atoms with Gasteiger partial charge in [0.2, 0.25) is 0 Å². The number of ether oxygens (including phenoxy) is 3. The largest absolute Gasteiger partial charge is 0.462 e. The number of esters is 3. The average molecular weight is 899 g/mol. The Hall–Kier alpha value is -2.37. The molecule has 0 aromatic heterocycles. The fourth-order valence-corrected chi connectivity index (χ4v) is 8.12. The fraction of sp³-hybridized carbons (Fsp3) is 0.845. The Bertz CT molecular complexity index is 1080. The van der Waals surface area contributed by atoms with Gasteiger partial charge in [-0.2, -0.15) is 0 Å². The van der Waals surface area contributed by atoms with Crippen molar-refractivity contribution >= 4 is 17.9 Å². The topological polar surface area (TPSA) is 78.9 Å². The molecule has 1 atom stereocenters. The Morgan fingerprint density at radius 1 is 0.312 bits per heavy atom. The minimum absolute atomic E-state index is 0.0759. The predicted molar refractivity (Wildman–Crippen MR) is 275 cm³/mol. The van der Waals surface area contributed by atoms with Gasteiger partial charge in [-0.15, -0.1) is 0 Å². The van der Waals surface area contributed by atoms with E-state index in [0.29, 0.717) is 19.3 Å². The lowest BCUT2D eigenvalue weighted by Gasteiger charge is -2.18. The van der Waals surface area contributed by atoms with Crippen LogP contribution in [0.2, 0.25) is 0 Å². The summed E-state index contributed by atoms with van der Waals surface area (Å²) >= 11 is 0.